The largest absolute Gasteiger partial charge is 0.300 e. The zero-order valence-corrected chi connectivity index (χ0v) is 25.5. The Bertz CT molecular complexity index is 1220. The van der Waals surface area contributed by atoms with Crippen molar-refractivity contribution in [2.24, 2.45) is 23.7 Å². The molecule has 2 aromatic rings. The van der Waals surface area contributed by atoms with Gasteiger partial charge in [0.25, 0.3) is 0 Å². The lowest BCUT2D eigenvalue weighted by molar-refractivity contribution is -0.129. The highest BCUT2D eigenvalue weighted by Gasteiger charge is 2.34. The van der Waals surface area contributed by atoms with E-state index in [1.54, 1.807) is 0 Å². The van der Waals surface area contributed by atoms with E-state index in [4.69, 9.17) is 0 Å². The van der Waals surface area contributed by atoms with Crippen molar-refractivity contribution in [1.29, 1.82) is 0 Å². The number of carbonyl (C=O) groups excluding carboxylic acids is 4. The lowest BCUT2D eigenvalue weighted by atomic mass is 9.71. The van der Waals surface area contributed by atoms with E-state index in [2.05, 4.69) is 26.8 Å². The highest BCUT2D eigenvalue weighted by atomic mass is 16.1. The molecular weight excluding hydrogens is 496 g/mol. The quantitative estimate of drug-likeness (QED) is 0.166. The van der Waals surface area contributed by atoms with Crippen LogP contribution in [-0.4, -0.2) is 23.1 Å². The second kappa shape index (κ2) is 14.7. The van der Waals surface area contributed by atoms with Crippen LogP contribution in [0.15, 0.2) is 36.4 Å². The summed E-state index contributed by atoms with van der Waals surface area (Å²) in [7, 11) is 0. The molecular formula is C36H48O4. The number of benzene rings is 2. The maximum absolute atomic E-state index is 13.5. The molecule has 0 heterocycles. The molecule has 1 aliphatic rings. The fourth-order valence-electron chi connectivity index (χ4n) is 6.69. The summed E-state index contributed by atoms with van der Waals surface area (Å²) in [4.78, 5) is 51.1. The zero-order chi connectivity index (χ0) is 29.4. The predicted octanol–water partition coefficient (Wildman–Crippen LogP) is 8.80. The summed E-state index contributed by atoms with van der Waals surface area (Å²) < 4.78 is 0. The fourth-order valence-corrected chi connectivity index (χ4v) is 6.69. The Kier molecular flexibility index (Phi) is 11.6. The van der Waals surface area contributed by atoms with Crippen LogP contribution in [0.4, 0.5) is 0 Å². The van der Waals surface area contributed by atoms with Crippen LogP contribution in [0.2, 0.25) is 0 Å². The summed E-state index contributed by atoms with van der Waals surface area (Å²) in [6.07, 6.45) is 7.16. The van der Waals surface area contributed by atoms with Crippen LogP contribution in [0, 0.1) is 30.6 Å². The molecule has 0 aliphatic heterocycles. The van der Waals surface area contributed by atoms with E-state index in [0.29, 0.717) is 18.8 Å². The highest BCUT2D eigenvalue weighted by Crippen LogP contribution is 2.40. The minimum Gasteiger partial charge on any atom is -0.300 e. The molecule has 0 saturated heterocycles. The van der Waals surface area contributed by atoms with Crippen molar-refractivity contribution in [3.63, 3.8) is 0 Å². The molecule has 40 heavy (non-hydrogen) atoms. The second-order valence-corrected chi connectivity index (χ2v) is 12.4. The van der Waals surface area contributed by atoms with Crippen LogP contribution in [0.25, 0.3) is 11.1 Å². The number of rotatable bonds is 15. The summed E-state index contributed by atoms with van der Waals surface area (Å²) in [5.41, 5.74) is 5.64. The van der Waals surface area contributed by atoms with Crippen molar-refractivity contribution < 1.29 is 19.2 Å². The zero-order valence-electron chi connectivity index (χ0n) is 25.5. The summed E-state index contributed by atoms with van der Waals surface area (Å²) in [6.45, 7) is 12.0. The molecule has 3 atom stereocenters. The molecule has 0 spiro atoms. The Labute approximate surface area is 241 Å². The number of ketones is 4. The Hall–Kier alpha value is -2.88. The highest BCUT2D eigenvalue weighted by molar-refractivity contribution is 6.02. The van der Waals surface area contributed by atoms with Crippen LogP contribution >= 0.6 is 0 Å². The van der Waals surface area contributed by atoms with Crippen LogP contribution < -0.4 is 0 Å². The van der Waals surface area contributed by atoms with E-state index < -0.39 is 0 Å². The van der Waals surface area contributed by atoms with Crippen LogP contribution in [-0.2, 0) is 16.0 Å². The van der Waals surface area contributed by atoms with E-state index >= 15 is 0 Å². The predicted molar refractivity (Wildman–Crippen MR) is 163 cm³/mol. The van der Waals surface area contributed by atoms with Crippen LogP contribution in [0.1, 0.15) is 124 Å². The Balaban J connectivity index is 1.90. The lowest BCUT2D eigenvalue weighted by Gasteiger charge is -2.32. The van der Waals surface area contributed by atoms with E-state index in [-0.39, 0.29) is 47.3 Å². The molecule has 3 rings (SSSR count). The summed E-state index contributed by atoms with van der Waals surface area (Å²) >= 11 is 0. The van der Waals surface area contributed by atoms with Crippen molar-refractivity contribution in [3.05, 3.63) is 58.7 Å². The van der Waals surface area contributed by atoms with Gasteiger partial charge in [0.1, 0.15) is 11.6 Å². The number of carbonyl (C=O) groups is 4. The van der Waals surface area contributed by atoms with Crippen molar-refractivity contribution in [3.8, 4) is 11.1 Å². The summed E-state index contributed by atoms with van der Waals surface area (Å²) in [5, 5.41) is 0. The second-order valence-electron chi connectivity index (χ2n) is 12.4. The van der Waals surface area contributed by atoms with Gasteiger partial charge < -0.3 is 0 Å². The maximum Gasteiger partial charge on any atom is 0.163 e. The summed E-state index contributed by atoms with van der Waals surface area (Å²) in [6, 6.07) is 12.0. The van der Waals surface area contributed by atoms with Gasteiger partial charge in [-0.2, -0.15) is 0 Å². The topological polar surface area (TPSA) is 68.3 Å². The van der Waals surface area contributed by atoms with Crippen molar-refractivity contribution >= 4 is 23.1 Å². The van der Waals surface area contributed by atoms with E-state index in [1.807, 2.05) is 44.2 Å². The molecule has 0 radical (unpaired) electrons. The lowest BCUT2D eigenvalue weighted by Crippen LogP contribution is -2.30. The van der Waals surface area contributed by atoms with Gasteiger partial charge in [-0.25, -0.2) is 0 Å². The number of Topliss-reactive ketones (excluding diaryl/α,β-unsaturated/α-hetero) is 4. The minimum absolute atomic E-state index is 0.00102. The molecule has 0 bridgehead atoms. The van der Waals surface area contributed by atoms with E-state index in [9.17, 15) is 19.2 Å². The third-order valence-electron chi connectivity index (χ3n) is 8.59. The number of hydrogen-bond acceptors (Lipinski definition) is 4. The van der Waals surface area contributed by atoms with Gasteiger partial charge in [-0.1, -0.05) is 77.3 Å². The number of fused-ring (bicyclic) bond motifs is 1. The van der Waals surface area contributed by atoms with Gasteiger partial charge in [0.15, 0.2) is 11.6 Å². The average molecular weight is 545 g/mol. The monoisotopic (exact) mass is 544 g/mol. The van der Waals surface area contributed by atoms with Crippen molar-refractivity contribution in [2.45, 2.75) is 106 Å². The van der Waals surface area contributed by atoms with Gasteiger partial charge in [-0.05, 0) is 85.6 Å². The minimum atomic E-state index is -0.143. The first-order valence-corrected chi connectivity index (χ1v) is 15.4. The Morgan fingerprint density at radius 1 is 1.00 bits per heavy atom. The van der Waals surface area contributed by atoms with Gasteiger partial charge in [-0.15, -0.1) is 0 Å². The number of hydrogen-bond donors (Lipinski definition) is 0. The van der Waals surface area contributed by atoms with Crippen molar-refractivity contribution in [2.75, 3.05) is 0 Å². The molecule has 4 heteroatoms. The molecule has 1 aliphatic carbocycles. The first-order valence-electron chi connectivity index (χ1n) is 15.4. The SMILES string of the molecule is CCCC(CC1CC(=O)c2c(C)ccc(-c3cccc(C(=O)CCCC(C)C)c3)c2C1)C(CC)C(=O)CC(C)=O. The normalized spacial score (nSPS) is 16.5. The molecule has 0 N–H and O–H groups in total. The fraction of sp³-hybridized carbons (Fsp3) is 0.556. The average Bonchev–Trinajstić information content (AvgIpc) is 2.88. The van der Waals surface area contributed by atoms with Gasteiger partial charge >= 0.3 is 0 Å². The van der Waals surface area contributed by atoms with E-state index in [0.717, 1.165) is 78.3 Å². The van der Waals surface area contributed by atoms with Gasteiger partial charge in [0, 0.05) is 29.9 Å². The summed E-state index contributed by atoms with van der Waals surface area (Å²) in [5.74, 6) is 1.06. The molecule has 2 aromatic carbocycles. The first kappa shape index (κ1) is 31.6. The molecule has 4 nitrogen and oxygen atoms in total. The molecule has 0 fully saturated rings. The standard InChI is InChI=1S/C36H48O4/c1-7-11-27(30(8-2)34(39)18-25(6)37)19-26-20-32-31(17-16-24(5)36(32)35(40)21-26)28-13-10-14-29(22-28)33(38)15-9-12-23(3)4/h10,13-14,16-17,22-23,26-27,30H,7-9,11-12,15,18-21H2,1-6H3. The Morgan fingerprint density at radius 2 is 1.75 bits per heavy atom. The number of aryl methyl sites for hydroxylation is 1. The molecule has 0 saturated carbocycles. The molecule has 3 unspecified atom stereocenters. The molecule has 0 amide bonds. The third-order valence-corrected chi connectivity index (χ3v) is 8.59. The van der Waals surface area contributed by atoms with Gasteiger partial charge in [-0.3, -0.25) is 19.2 Å². The molecule has 0 aromatic heterocycles. The molecule has 216 valence electrons. The van der Waals surface area contributed by atoms with Gasteiger partial charge in [0.2, 0.25) is 0 Å². The van der Waals surface area contributed by atoms with Crippen molar-refractivity contribution in [1.82, 2.24) is 0 Å². The van der Waals surface area contributed by atoms with Gasteiger partial charge in [0.05, 0.1) is 6.42 Å². The Morgan fingerprint density at radius 3 is 2.40 bits per heavy atom. The first-order chi connectivity index (χ1) is 19.0. The van der Waals surface area contributed by atoms with Crippen LogP contribution in [0.3, 0.4) is 0 Å². The smallest absolute Gasteiger partial charge is 0.163 e. The third kappa shape index (κ3) is 8.08. The van der Waals surface area contributed by atoms with E-state index in [1.165, 1.54) is 6.92 Å². The maximum atomic E-state index is 13.5. The van der Waals surface area contributed by atoms with Crippen LogP contribution in [0.5, 0.6) is 0 Å².